The second-order valence-electron chi connectivity index (χ2n) is 39.1. The van der Waals surface area contributed by atoms with Crippen molar-refractivity contribution >= 4 is 104 Å². The molecule has 0 saturated heterocycles. The zero-order valence-corrected chi connectivity index (χ0v) is 83.4. The minimum Gasteiger partial charge on any atom is -0.503 e. The number of aromatic nitrogens is 7. The van der Waals surface area contributed by atoms with Gasteiger partial charge in [0.25, 0.3) is 20.1 Å². The molecule has 134 heavy (non-hydrogen) atoms. The van der Waals surface area contributed by atoms with Gasteiger partial charge in [-0.05, 0) is 97.6 Å². The maximum absolute atomic E-state index is 6.95. The van der Waals surface area contributed by atoms with E-state index in [-0.39, 0.29) is 114 Å². The van der Waals surface area contributed by atoms with Gasteiger partial charge in [-0.3, -0.25) is 0 Å². The summed E-state index contributed by atoms with van der Waals surface area (Å²) in [6, 6.07) is 126. The summed E-state index contributed by atoms with van der Waals surface area (Å²) in [5.41, 5.74) is 27.0. The molecule has 0 bridgehead atoms. The molecule has 0 atom stereocenters. The maximum atomic E-state index is 6.95. The van der Waals surface area contributed by atoms with Gasteiger partial charge in [-0.2, -0.15) is 124 Å². The molecule has 13 nitrogen and oxygen atoms in total. The molecule has 23 rings (SSSR count). The first-order valence-corrected chi connectivity index (χ1v) is 44.7. The van der Waals surface area contributed by atoms with Gasteiger partial charge in [-0.15, -0.1) is 160 Å². The molecule has 662 valence electrons. The normalized spacial score (nSPS) is 13.0. The fourth-order valence-electron chi connectivity index (χ4n) is 18.3. The van der Waals surface area contributed by atoms with Gasteiger partial charge in [0.1, 0.15) is 34.7 Å². The van der Waals surface area contributed by atoms with Crippen LogP contribution in [0, 0.1) is 54.6 Å². The van der Waals surface area contributed by atoms with E-state index in [0.29, 0.717) is 29.2 Å². The van der Waals surface area contributed by atoms with E-state index in [1.165, 1.54) is 5.56 Å². The molecule has 17 aromatic rings. The average Bonchev–Trinajstić information content (AvgIpc) is 0.703. The standard InChI is InChI=1S/C41H34BN4O.C39H28BN2O.C35H29BN3O2.3Au/c1-40(2,3)30-25-32(27-18-12-8-13-19-27)43-36-35(30)47-38-34-37(44-39(45-38)41(4,5)6)46(29-20-14-9-15-21-29)33-23-22-28(24-31(33)42(34)36)26-16-10-7-11-17-26;1-39(2,3)30-25-32(27-16-9-5-10-17-27)41-38-37(30)42(29-18-11-6-12-19-29)33-20-13-21-35-36(33)40(38)31-24-28(22-23-34(31)43-35)26-14-7-4-8-15-26;1-34(2,3)24-20-26(22-15-11-8-12-16-22)37-30-29(24)41-32-28-31(38-33(39-32)35(4,5)6)40-27-18-17-23(19-25(27)36(28)30)21-13-9-7-10-14-21;;;/h7-16,18,20-23,25H,1-6H3;4-14,16,18-23,25H,1-3H3;7-13,15,17-18,20H,1-6H3;;;/q3*-3;3*+3. The summed E-state index contributed by atoms with van der Waals surface area (Å²) in [6.45, 7) is 32.0. The summed E-state index contributed by atoms with van der Waals surface area (Å²) in [5, 5.41) is 0. The number of anilines is 6. The van der Waals surface area contributed by atoms with E-state index in [9.17, 15) is 0 Å². The largest absolute Gasteiger partial charge is 3.00 e. The van der Waals surface area contributed by atoms with Crippen molar-refractivity contribution in [3.8, 4) is 114 Å². The van der Waals surface area contributed by atoms with Gasteiger partial charge < -0.3 is 43.7 Å². The summed E-state index contributed by atoms with van der Waals surface area (Å²) >= 11 is 0. The quantitative estimate of drug-likeness (QED) is 0.106. The van der Waals surface area contributed by atoms with Crippen LogP contribution in [-0.4, -0.2) is 55.0 Å². The number of benzene rings is 12. The van der Waals surface area contributed by atoms with Crippen LogP contribution in [0.2, 0.25) is 0 Å². The summed E-state index contributed by atoms with van der Waals surface area (Å²) in [6.07, 6.45) is 0. The zero-order chi connectivity index (χ0) is 90.1. The Morgan fingerprint density at radius 1 is 0.269 bits per heavy atom. The van der Waals surface area contributed by atoms with Crippen molar-refractivity contribution in [2.75, 3.05) is 9.80 Å². The van der Waals surface area contributed by atoms with E-state index >= 15 is 0 Å². The van der Waals surface area contributed by atoms with Crippen LogP contribution < -0.4 is 78.3 Å². The number of rotatable bonds is 8. The minimum atomic E-state index is -0.324. The summed E-state index contributed by atoms with van der Waals surface area (Å²) in [5.74, 6) is 7.63. The van der Waals surface area contributed by atoms with E-state index in [2.05, 4.69) is 308 Å². The number of hydrogen-bond donors (Lipinski definition) is 0. The number of ether oxygens (including phenoxy) is 4. The zero-order valence-electron chi connectivity index (χ0n) is 76.9. The van der Waals surface area contributed by atoms with E-state index < -0.39 is 0 Å². The topological polar surface area (TPSA) is 134 Å². The Hall–Kier alpha value is -12.5. The van der Waals surface area contributed by atoms with Crippen molar-refractivity contribution in [3.05, 3.63) is 362 Å². The molecule has 0 amide bonds. The Kier molecular flexibility index (Phi) is 24.7. The number of nitrogens with zero attached hydrogens (tertiary/aromatic N) is 9. The van der Waals surface area contributed by atoms with Crippen LogP contribution in [0.25, 0.3) is 67.2 Å². The summed E-state index contributed by atoms with van der Waals surface area (Å²) < 4.78 is 26.8. The SMILES string of the molecule is CC(C)(C)c1cc(-c2[c-]cccc2)nc2c1N(c1ccccc1)c1cccc3c1B2c1[c-]c(-c2[c-]cccc2)ccc1O3.CC(C)(C)c1nc2c3c(n1)N(c1ccccc1)c1ccc(-c4[c-]cccc4)[c-]c1B3c1nc(-c3[c-]cccc3)cc(C(C)(C)C)c1O2.CC(C)(C)c1nc2c3c(n1)Oc1c(C(C)(C)C)cc(-c4[c-]cccc4)nc1B3c1[c-]c(-c3[c-]cccc3)ccc1O2.[Au+3].[Au+3].[Au+3]. The molecular weight excluding hydrogens is 2190 g/mol. The van der Waals surface area contributed by atoms with Gasteiger partial charge in [-0.1, -0.05) is 165 Å². The second kappa shape index (κ2) is 36.0. The van der Waals surface area contributed by atoms with Crippen LogP contribution in [0.15, 0.2) is 279 Å². The predicted molar refractivity (Wildman–Crippen MR) is 529 cm³/mol. The van der Waals surface area contributed by atoms with E-state index in [4.69, 9.17) is 53.8 Å². The minimum absolute atomic E-state index is 0. The fourth-order valence-corrected chi connectivity index (χ4v) is 18.3. The molecule has 0 unspecified atom stereocenters. The Labute approximate surface area is 834 Å². The Morgan fingerprint density at radius 3 is 1.07 bits per heavy atom. The predicted octanol–water partition coefficient (Wildman–Crippen LogP) is 21.0. The second-order valence-corrected chi connectivity index (χ2v) is 39.1. The number of fused-ring (bicyclic) bond motifs is 12. The van der Waals surface area contributed by atoms with Crippen molar-refractivity contribution in [1.29, 1.82) is 0 Å². The van der Waals surface area contributed by atoms with Crippen LogP contribution in [0.3, 0.4) is 0 Å². The maximum Gasteiger partial charge on any atom is 3.00 e. The summed E-state index contributed by atoms with van der Waals surface area (Å²) in [7, 11) is 0. The average molecular weight is 2290 g/mol. The third kappa shape index (κ3) is 17.0. The molecule has 0 saturated carbocycles. The van der Waals surface area contributed by atoms with Crippen LogP contribution in [-0.2, 0) is 94.2 Å². The molecule has 19 heteroatoms. The van der Waals surface area contributed by atoms with Crippen molar-refractivity contribution in [2.45, 2.75) is 131 Å². The monoisotopic (exact) mass is 2290 g/mol. The van der Waals surface area contributed by atoms with Crippen molar-refractivity contribution in [1.82, 2.24) is 34.9 Å². The van der Waals surface area contributed by atoms with Gasteiger partial charge in [0.15, 0.2) is 0 Å². The van der Waals surface area contributed by atoms with Crippen molar-refractivity contribution < 1.29 is 86.1 Å². The Morgan fingerprint density at radius 2 is 0.634 bits per heavy atom. The molecule has 5 aromatic heterocycles. The number of hydrogen-bond acceptors (Lipinski definition) is 13. The molecule has 6 aliphatic rings. The van der Waals surface area contributed by atoms with Gasteiger partial charge in [0.05, 0.1) is 11.2 Å². The fraction of sp³-hybridized carbons (Fsp3) is 0.174. The number of pyridine rings is 3. The van der Waals surface area contributed by atoms with Crippen molar-refractivity contribution in [2.24, 2.45) is 0 Å². The Balaban J connectivity index is 0.000000133. The van der Waals surface area contributed by atoms with Crippen LogP contribution in [0.5, 0.6) is 46.4 Å². The molecular formula is C115H91Au3B3N9O4. The van der Waals surface area contributed by atoms with Crippen molar-refractivity contribution in [3.63, 3.8) is 0 Å². The summed E-state index contributed by atoms with van der Waals surface area (Å²) in [4.78, 5) is 41.1. The molecule has 12 aromatic carbocycles. The van der Waals surface area contributed by atoms with E-state index in [1.807, 2.05) is 140 Å². The van der Waals surface area contributed by atoms with Crippen LogP contribution in [0.4, 0.5) is 34.3 Å². The third-order valence-electron chi connectivity index (χ3n) is 24.7. The first-order chi connectivity index (χ1) is 63.1. The molecule has 0 spiro atoms. The molecule has 0 radical (unpaired) electrons. The smallest absolute Gasteiger partial charge is 0.503 e. The first-order valence-electron chi connectivity index (χ1n) is 44.7. The van der Waals surface area contributed by atoms with Gasteiger partial charge in [0, 0.05) is 61.6 Å². The van der Waals surface area contributed by atoms with E-state index in [0.717, 1.165) is 191 Å². The van der Waals surface area contributed by atoms with Gasteiger partial charge in [-0.25, -0.2) is 38.4 Å². The number of para-hydroxylation sites is 2. The molecule has 11 heterocycles. The van der Waals surface area contributed by atoms with Gasteiger partial charge >= 0.3 is 67.1 Å². The van der Waals surface area contributed by atoms with Crippen LogP contribution >= 0.6 is 0 Å². The first kappa shape index (κ1) is 91.9. The molecule has 0 aliphatic carbocycles. The molecule has 0 N–H and O–H groups in total. The van der Waals surface area contributed by atoms with Crippen LogP contribution in [0.1, 0.15) is 132 Å². The molecule has 0 fully saturated rings. The Bertz CT molecular complexity index is 7330. The van der Waals surface area contributed by atoms with Gasteiger partial charge in [0.2, 0.25) is 17.6 Å². The third-order valence-corrected chi connectivity index (χ3v) is 24.7. The molecule has 6 aliphatic heterocycles. The van der Waals surface area contributed by atoms with E-state index in [1.54, 1.807) is 0 Å².